The summed E-state index contributed by atoms with van der Waals surface area (Å²) < 4.78 is 10.9. The molecule has 0 atom stereocenters. The number of H-pyrrole nitrogens is 1. The van der Waals surface area contributed by atoms with Gasteiger partial charge in [-0.2, -0.15) is 0 Å². The first-order valence-electron chi connectivity index (χ1n) is 15.1. The number of nitrogens with one attached hydrogen (secondary N) is 2. The van der Waals surface area contributed by atoms with Gasteiger partial charge in [0.25, 0.3) is 0 Å². The number of alkyl carbamates (subject to hydrolysis) is 1. The second kappa shape index (κ2) is 12.4. The molecule has 0 spiro atoms. The normalized spacial score (nSPS) is 13.5. The number of amides is 2. The maximum Gasteiger partial charge on any atom is 0.410 e. The van der Waals surface area contributed by atoms with Gasteiger partial charge in [-0.3, -0.25) is 0 Å². The average molecular weight is 604 g/mol. The first-order chi connectivity index (χ1) is 21.6. The van der Waals surface area contributed by atoms with Crippen LogP contribution >= 0.6 is 0 Å². The van der Waals surface area contributed by atoms with E-state index in [2.05, 4.69) is 50.6 Å². The van der Waals surface area contributed by atoms with E-state index >= 15 is 0 Å². The van der Waals surface area contributed by atoms with Crippen molar-refractivity contribution < 1.29 is 19.1 Å². The maximum absolute atomic E-state index is 12.5. The molecule has 1 aliphatic rings. The highest BCUT2D eigenvalue weighted by Crippen LogP contribution is 2.35. The van der Waals surface area contributed by atoms with Gasteiger partial charge in [0.15, 0.2) is 0 Å². The molecule has 2 aromatic heterocycles. The number of aromatic nitrogens is 3. The summed E-state index contributed by atoms with van der Waals surface area (Å²) >= 11 is 0. The van der Waals surface area contributed by atoms with Crippen LogP contribution in [0.5, 0.6) is 0 Å². The average Bonchev–Trinajstić information content (AvgIpc) is 3.41. The second-order valence-corrected chi connectivity index (χ2v) is 12.3. The van der Waals surface area contributed by atoms with E-state index in [9.17, 15) is 9.59 Å². The number of hydrogen-bond acceptors (Lipinski definition) is 6. The molecular weight excluding hydrogens is 566 g/mol. The molecule has 0 saturated carbocycles. The number of hydrogen-bond donors (Lipinski definition) is 2. The summed E-state index contributed by atoms with van der Waals surface area (Å²) in [5, 5.41) is 4.85. The Bertz CT molecular complexity index is 1910. The molecular formula is C36H37N5O4. The van der Waals surface area contributed by atoms with Crippen molar-refractivity contribution in [1.82, 2.24) is 25.2 Å². The van der Waals surface area contributed by atoms with Crippen molar-refractivity contribution >= 4 is 39.7 Å². The predicted molar refractivity (Wildman–Crippen MR) is 175 cm³/mol. The lowest BCUT2D eigenvalue weighted by Gasteiger charge is -2.29. The largest absolute Gasteiger partial charge is 0.445 e. The monoisotopic (exact) mass is 603 g/mol. The fourth-order valence-corrected chi connectivity index (χ4v) is 5.55. The van der Waals surface area contributed by atoms with Crippen molar-refractivity contribution in [1.29, 1.82) is 0 Å². The molecule has 0 aliphatic carbocycles. The number of fused-ring (bicyclic) bond motifs is 3. The van der Waals surface area contributed by atoms with Crippen molar-refractivity contribution in [2.75, 3.05) is 13.1 Å². The van der Waals surface area contributed by atoms with Gasteiger partial charge >= 0.3 is 12.2 Å². The van der Waals surface area contributed by atoms with Gasteiger partial charge in [0, 0.05) is 36.1 Å². The zero-order valence-electron chi connectivity index (χ0n) is 26.0. The van der Waals surface area contributed by atoms with E-state index in [0.29, 0.717) is 19.6 Å². The van der Waals surface area contributed by atoms with Crippen LogP contribution in [0.25, 0.3) is 38.8 Å². The molecule has 0 radical (unpaired) electrons. The summed E-state index contributed by atoms with van der Waals surface area (Å²) in [7, 11) is 0. The van der Waals surface area contributed by atoms with Gasteiger partial charge in [-0.05, 0) is 74.1 Å². The fourth-order valence-electron chi connectivity index (χ4n) is 5.55. The zero-order valence-corrected chi connectivity index (χ0v) is 26.0. The van der Waals surface area contributed by atoms with Crippen LogP contribution in [0.3, 0.4) is 0 Å². The number of carbonyl (C=O) groups excluding carboxylic acids is 2. The second-order valence-electron chi connectivity index (χ2n) is 12.3. The Morgan fingerprint density at radius 3 is 2.53 bits per heavy atom. The van der Waals surface area contributed by atoms with Gasteiger partial charge in [0.1, 0.15) is 24.2 Å². The predicted octanol–water partition coefficient (Wildman–Crippen LogP) is 7.54. The molecule has 0 unspecified atom stereocenters. The first-order valence-corrected chi connectivity index (χ1v) is 15.1. The van der Waals surface area contributed by atoms with Crippen LogP contribution in [0.1, 0.15) is 49.4 Å². The van der Waals surface area contributed by atoms with Gasteiger partial charge in [-0.1, -0.05) is 60.7 Å². The summed E-state index contributed by atoms with van der Waals surface area (Å²) in [6, 6.07) is 22.1. The molecule has 9 nitrogen and oxygen atoms in total. The lowest BCUT2D eigenvalue weighted by atomic mass is 9.97. The smallest absolute Gasteiger partial charge is 0.410 e. The molecule has 2 N–H and O–H groups in total. The molecule has 0 fully saturated rings. The zero-order chi connectivity index (χ0) is 31.6. The van der Waals surface area contributed by atoms with Crippen molar-refractivity contribution in [2.45, 2.75) is 52.9 Å². The molecule has 1 aliphatic heterocycles. The van der Waals surface area contributed by atoms with Gasteiger partial charge in [0.2, 0.25) is 0 Å². The van der Waals surface area contributed by atoms with Crippen LogP contribution < -0.4 is 5.32 Å². The molecule has 2 amide bonds. The molecule has 3 aromatic carbocycles. The standard InChI is InChI=1S/C36H37N5O4/c1-23-18-27(10-11-28(23)20-37-34(42)44-21-24-8-6-5-7-9-24)32-31-29-13-12-26(19-30(29)40-33(31)39-22-38-32)25-14-16-41(17-15-25)35(43)45-36(2,3)4/h5-14,18-19,22H,15-17,20-21H2,1-4H3,(H,37,42)(H,38,39,40). The molecule has 0 bridgehead atoms. The number of aryl methyl sites for hydroxylation is 1. The van der Waals surface area contributed by atoms with E-state index in [1.165, 1.54) is 5.57 Å². The Morgan fingerprint density at radius 2 is 1.80 bits per heavy atom. The van der Waals surface area contributed by atoms with E-state index in [1.54, 1.807) is 11.2 Å². The van der Waals surface area contributed by atoms with Gasteiger partial charge < -0.3 is 24.7 Å². The number of nitrogens with zero attached hydrogens (tertiary/aromatic N) is 3. The van der Waals surface area contributed by atoms with Gasteiger partial charge in [-0.15, -0.1) is 0 Å². The van der Waals surface area contributed by atoms with Crippen LogP contribution in [0, 0.1) is 6.92 Å². The Labute approximate surface area is 262 Å². The SMILES string of the molecule is Cc1cc(-c2ncnc3[nH]c4cc(C5=CCN(C(=O)OC(C)(C)C)CC5)ccc4c23)ccc1CNC(=O)OCc1ccccc1. The van der Waals surface area contributed by atoms with E-state index in [1.807, 2.05) is 70.2 Å². The molecule has 0 saturated heterocycles. The highest BCUT2D eigenvalue weighted by Gasteiger charge is 2.24. The van der Waals surface area contributed by atoms with Crippen molar-refractivity contribution in [3.8, 4) is 11.3 Å². The van der Waals surface area contributed by atoms with Crippen molar-refractivity contribution in [3.63, 3.8) is 0 Å². The minimum Gasteiger partial charge on any atom is -0.445 e. The number of carbonyl (C=O) groups is 2. The van der Waals surface area contributed by atoms with Crippen LogP contribution in [0.15, 0.2) is 79.1 Å². The van der Waals surface area contributed by atoms with Crippen LogP contribution in [0.2, 0.25) is 0 Å². The third kappa shape index (κ3) is 6.82. The summed E-state index contributed by atoms with van der Waals surface area (Å²) in [6.07, 6.45) is 3.70. The van der Waals surface area contributed by atoms with Crippen LogP contribution in [0.4, 0.5) is 9.59 Å². The highest BCUT2D eigenvalue weighted by molar-refractivity contribution is 6.12. The third-order valence-electron chi connectivity index (χ3n) is 7.87. The summed E-state index contributed by atoms with van der Waals surface area (Å²) in [4.78, 5) is 39.2. The van der Waals surface area contributed by atoms with E-state index in [0.717, 1.165) is 61.9 Å². The molecule has 6 rings (SSSR count). The Morgan fingerprint density at radius 1 is 1.00 bits per heavy atom. The van der Waals surface area contributed by atoms with Crippen LogP contribution in [-0.4, -0.2) is 50.7 Å². The molecule has 3 heterocycles. The molecule has 9 heteroatoms. The fraction of sp³-hybridized carbons (Fsp3) is 0.278. The number of rotatable bonds is 6. The lowest BCUT2D eigenvalue weighted by molar-refractivity contribution is 0.0270. The highest BCUT2D eigenvalue weighted by atomic mass is 16.6. The summed E-state index contributed by atoms with van der Waals surface area (Å²) in [5.74, 6) is 0. The van der Waals surface area contributed by atoms with Crippen LogP contribution in [-0.2, 0) is 22.6 Å². The van der Waals surface area contributed by atoms with Gasteiger partial charge in [-0.25, -0.2) is 19.6 Å². The van der Waals surface area contributed by atoms with E-state index < -0.39 is 11.7 Å². The molecule has 5 aromatic rings. The number of aromatic amines is 1. The minimum atomic E-state index is -0.514. The Hall–Kier alpha value is -5.18. The van der Waals surface area contributed by atoms with Crippen molar-refractivity contribution in [3.05, 3.63) is 101 Å². The molecule has 45 heavy (non-hydrogen) atoms. The number of ether oxygens (including phenoxy) is 2. The van der Waals surface area contributed by atoms with E-state index in [4.69, 9.17) is 9.47 Å². The Kier molecular flexibility index (Phi) is 8.26. The topological polar surface area (TPSA) is 109 Å². The quantitative estimate of drug-likeness (QED) is 0.208. The van der Waals surface area contributed by atoms with E-state index in [-0.39, 0.29) is 12.7 Å². The lowest BCUT2D eigenvalue weighted by Crippen LogP contribution is -2.39. The molecule has 230 valence electrons. The van der Waals surface area contributed by atoms with Gasteiger partial charge in [0.05, 0.1) is 11.1 Å². The summed E-state index contributed by atoms with van der Waals surface area (Å²) in [5.41, 5.74) is 8.33. The number of benzene rings is 3. The minimum absolute atomic E-state index is 0.227. The maximum atomic E-state index is 12.5. The summed E-state index contributed by atoms with van der Waals surface area (Å²) in [6.45, 7) is 9.38. The Balaban J connectivity index is 1.18. The van der Waals surface area contributed by atoms with Crippen molar-refractivity contribution in [2.24, 2.45) is 0 Å². The first kappa shape index (κ1) is 29.9. The third-order valence-corrected chi connectivity index (χ3v) is 7.87.